The highest BCUT2D eigenvalue weighted by atomic mass is 32.2. The fraction of sp³-hybridized carbons (Fsp3) is 0.294. The summed E-state index contributed by atoms with van der Waals surface area (Å²) in [6, 6.07) is 3.79. The van der Waals surface area contributed by atoms with Crippen molar-refractivity contribution in [2.24, 2.45) is 7.05 Å². The van der Waals surface area contributed by atoms with Crippen LogP contribution in [0, 0.1) is 6.92 Å². The quantitative estimate of drug-likeness (QED) is 0.684. The lowest BCUT2D eigenvalue weighted by Gasteiger charge is -2.12. The largest absolute Gasteiger partial charge is 0.433 e. The van der Waals surface area contributed by atoms with E-state index in [9.17, 15) is 21.6 Å². The molecular weight excluding hydrogens is 381 g/mol. The molecule has 27 heavy (non-hydrogen) atoms. The van der Waals surface area contributed by atoms with Gasteiger partial charge in [0.15, 0.2) is 9.84 Å². The number of anilines is 1. The van der Waals surface area contributed by atoms with Gasteiger partial charge in [0, 0.05) is 18.3 Å². The van der Waals surface area contributed by atoms with Crippen LogP contribution in [0.5, 0.6) is 0 Å². The molecule has 144 valence electrons. The highest BCUT2D eigenvalue weighted by Crippen LogP contribution is 2.34. The van der Waals surface area contributed by atoms with Crippen molar-refractivity contribution >= 4 is 26.6 Å². The summed E-state index contributed by atoms with van der Waals surface area (Å²) >= 11 is 0. The lowest BCUT2D eigenvalue weighted by atomic mass is 10.1. The van der Waals surface area contributed by atoms with E-state index in [4.69, 9.17) is 5.73 Å². The van der Waals surface area contributed by atoms with Gasteiger partial charge in [0.25, 0.3) is 0 Å². The van der Waals surface area contributed by atoms with Gasteiger partial charge in [-0.3, -0.25) is 0 Å². The number of pyridine rings is 1. The Hall–Kier alpha value is -2.62. The first kappa shape index (κ1) is 19.2. The van der Waals surface area contributed by atoms with E-state index in [1.54, 1.807) is 20.0 Å². The summed E-state index contributed by atoms with van der Waals surface area (Å²) in [5.41, 5.74) is 6.48. The van der Waals surface area contributed by atoms with Crippen LogP contribution in [0.2, 0.25) is 0 Å². The molecule has 10 heteroatoms. The van der Waals surface area contributed by atoms with Crippen molar-refractivity contribution in [3.8, 4) is 11.4 Å². The summed E-state index contributed by atoms with van der Waals surface area (Å²) in [4.78, 5) is 7.69. The van der Waals surface area contributed by atoms with Crippen molar-refractivity contribution in [2.75, 3.05) is 11.5 Å². The molecule has 2 aromatic heterocycles. The number of benzene rings is 1. The minimum Gasteiger partial charge on any atom is -0.398 e. The first-order chi connectivity index (χ1) is 12.5. The van der Waals surface area contributed by atoms with Gasteiger partial charge < -0.3 is 10.3 Å². The molecule has 0 aliphatic carbocycles. The smallest absolute Gasteiger partial charge is 0.398 e. The zero-order valence-electron chi connectivity index (χ0n) is 14.8. The minimum atomic E-state index is -4.60. The number of fused-ring (bicyclic) bond motifs is 1. The average Bonchev–Trinajstić information content (AvgIpc) is 2.92. The Morgan fingerprint density at radius 2 is 1.89 bits per heavy atom. The first-order valence-corrected chi connectivity index (χ1v) is 9.64. The van der Waals surface area contributed by atoms with Crippen LogP contribution in [0.25, 0.3) is 22.4 Å². The van der Waals surface area contributed by atoms with Crippen molar-refractivity contribution in [3.63, 3.8) is 0 Å². The second-order valence-corrected chi connectivity index (χ2v) is 8.41. The second kappa shape index (κ2) is 6.22. The van der Waals surface area contributed by atoms with Crippen molar-refractivity contribution in [1.29, 1.82) is 0 Å². The second-order valence-electron chi connectivity index (χ2n) is 6.16. The molecule has 0 saturated heterocycles. The lowest BCUT2D eigenvalue weighted by Crippen LogP contribution is -2.09. The maximum Gasteiger partial charge on any atom is 0.433 e. The zero-order valence-corrected chi connectivity index (χ0v) is 15.6. The summed E-state index contributed by atoms with van der Waals surface area (Å²) in [6.45, 7) is 3.22. The molecule has 2 N–H and O–H groups in total. The van der Waals surface area contributed by atoms with Gasteiger partial charge in [-0.25, -0.2) is 18.4 Å². The maximum absolute atomic E-state index is 12.9. The Labute approximate surface area is 153 Å². The molecule has 3 rings (SSSR count). The number of hydrogen-bond donors (Lipinski definition) is 1. The Kier molecular flexibility index (Phi) is 4.41. The number of imidazole rings is 1. The molecule has 6 nitrogen and oxygen atoms in total. The maximum atomic E-state index is 12.9. The number of hydrogen-bond acceptors (Lipinski definition) is 5. The molecule has 0 spiro atoms. The molecule has 0 aliphatic rings. The van der Waals surface area contributed by atoms with Gasteiger partial charge in [0.2, 0.25) is 0 Å². The number of sulfone groups is 1. The number of nitrogens with two attached hydrogens (primary N) is 1. The number of nitrogens with zero attached hydrogens (tertiary/aromatic N) is 3. The van der Waals surface area contributed by atoms with Gasteiger partial charge in [0.1, 0.15) is 11.5 Å². The third kappa shape index (κ3) is 3.25. The van der Waals surface area contributed by atoms with Crippen LogP contribution in [0.3, 0.4) is 0 Å². The Morgan fingerprint density at radius 1 is 1.22 bits per heavy atom. The van der Waals surface area contributed by atoms with E-state index >= 15 is 0 Å². The fourth-order valence-corrected chi connectivity index (χ4v) is 3.88. The highest BCUT2D eigenvalue weighted by Gasteiger charge is 2.33. The number of halogens is 3. The van der Waals surface area contributed by atoms with E-state index in [1.807, 2.05) is 0 Å². The van der Waals surface area contributed by atoms with Crippen molar-refractivity contribution < 1.29 is 21.6 Å². The van der Waals surface area contributed by atoms with E-state index in [-0.39, 0.29) is 27.6 Å². The Morgan fingerprint density at radius 3 is 2.48 bits per heavy atom. The Balaban J connectivity index is 2.33. The predicted octanol–water partition coefficient (Wildman–Crippen LogP) is 3.34. The number of rotatable bonds is 3. The third-order valence-electron chi connectivity index (χ3n) is 4.38. The topological polar surface area (TPSA) is 90.9 Å². The van der Waals surface area contributed by atoms with Gasteiger partial charge in [-0.15, -0.1) is 0 Å². The molecule has 0 saturated carbocycles. The first-order valence-electron chi connectivity index (χ1n) is 7.98. The molecule has 0 unspecified atom stereocenters. The molecular formula is C17H17F3N4O2S. The normalized spacial score (nSPS) is 12.7. The number of alkyl halides is 3. The summed E-state index contributed by atoms with van der Waals surface area (Å²) in [6.07, 6.45) is -3.52. The van der Waals surface area contributed by atoms with E-state index in [2.05, 4.69) is 9.97 Å². The van der Waals surface area contributed by atoms with E-state index in [0.29, 0.717) is 16.8 Å². The number of aromatic nitrogens is 3. The van der Waals surface area contributed by atoms with Crippen LogP contribution in [0.1, 0.15) is 18.2 Å². The fourth-order valence-electron chi connectivity index (χ4n) is 2.78. The summed E-state index contributed by atoms with van der Waals surface area (Å²) in [5.74, 6) is 0.0768. The van der Waals surface area contributed by atoms with Gasteiger partial charge in [-0.1, -0.05) is 6.92 Å². The standard InChI is InChI=1S/C17H17F3N4O2S/c1-4-27(25,26)14-6-11(21)9(2)5-10(14)16-23-12-7-15(17(18,19)20)22-8-13(12)24(16)3/h5-8H,4,21H2,1-3H3. The van der Waals surface area contributed by atoms with Gasteiger partial charge in [-0.2, -0.15) is 13.2 Å². The van der Waals surface area contributed by atoms with Crippen molar-refractivity contribution in [2.45, 2.75) is 24.9 Å². The molecule has 0 amide bonds. The molecule has 0 atom stereocenters. The molecule has 3 aromatic rings. The highest BCUT2D eigenvalue weighted by molar-refractivity contribution is 7.91. The van der Waals surface area contributed by atoms with Gasteiger partial charge in [-0.05, 0) is 30.7 Å². The molecule has 0 bridgehead atoms. The van der Waals surface area contributed by atoms with Crippen molar-refractivity contribution in [1.82, 2.24) is 14.5 Å². The Bertz CT molecular complexity index is 1150. The molecule has 2 heterocycles. The summed E-state index contributed by atoms with van der Waals surface area (Å²) < 4.78 is 65.3. The van der Waals surface area contributed by atoms with Crippen molar-refractivity contribution in [3.05, 3.63) is 35.7 Å². The van der Waals surface area contributed by atoms with E-state index in [1.165, 1.54) is 17.6 Å². The molecule has 0 radical (unpaired) electrons. The van der Waals surface area contributed by atoms with E-state index < -0.39 is 21.7 Å². The van der Waals surface area contributed by atoms with E-state index in [0.717, 1.165) is 12.3 Å². The average molecular weight is 398 g/mol. The van der Waals surface area contributed by atoms with Crippen LogP contribution < -0.4 is 5.73 Å². The predicted molar refractivity (Wildman–Crippen MR) is 95.8 cm³/mol. The number of aryl methyl sites for hydroxylation is 2. The third-order valence-corrected chi connectivity index (χ3v) is 6.15. The minimum absolute atomic E-state index is 0.00416. The van der Waals surface area contributed by atoms with Crippen LogP contribution in [-0.4, -0.2) is 28.7 Å². The van der Waals surface area contributed by atoms with Crippen LogP contribution in [0.4, 0.5) is 18.9 Å². The zero-order chi connectivity index (χ0) is 20.1. The summed E-state index contributed by atoms with van der Waals surface area (Å²) in [5, 5.41) is 0. The van der Waals surface area contributed by atoms with Gasteiger partial charge >= 0.3 is 6.18 Å². The number of nitrogen functional groups attached to an aromatic ring is 1. The monoisotopic (exact) mass is 398 g/mol. The van der Waals surface area contributed by atoms with Crippen LogP contribution in [-0.2, 0) is 23.1 Å². The lowest BCUT2D eigenvalue weighted by molar-refractivity contribution is -0.141. The molecule has 1 aromatic carbocycles. The summed E-state index contributed by atoms with van der Waals surface area (Å²) in [7, 11) is -2.04. The van der Waals surface area contributed by atoms with Crippen LogP contribution in [0.15, 0.2) is 29.3 Å². The van der Waals surface area contributed by atoms with Crippen LogP contribution >= 0.6 is 0 Å². The molecule has 0 fully saturated rings. The molecule has 0 aliphatic heterocycles. The SMILES string of the molecule is CCS(=O)(=O)c1cc(N)c(C)cc1-c1nc2cc(C(F)(F)F)ncc2n1C. The van der Waals surface area contributed by atoms with Gasteiger partial charge in [0.05, 0.1) is 27.9 Å².